The molecule has 0 radical (unpaired) electrons. The van der Waals surface area contributed by atoms with E-state index in [1.54, 1.807) is 0 Å². The van der Waals surface area contributed by atoms with Crippen molar-refractivity contribution in [3.8, 4) is 11.5 Å². The number of hydrogen-bond donors (Lipinski definition) is 2. The lowest BCUT2D eigenvalue weighted by molar-refractivity contribution is -0.182. The summed E-state index contributed by atoms with van der Waals surface area (Å²) in [5.41, 5.74) is 1.58. The number of nitrogens with one attached hydrogen (secondary N) is 2. The molecular weight excluding hydrogens is 923 g/mol. The van der Waals surface area contributed by atoms with Crippen LogP contribution in [0.3, 0.4) is 0 Å². The van der Waals surface area contributed by atoms with Crippen molar-refractivity contribution >= 4 is 33.9 Å². The molecule has 8 saturated heterocycles. The number of ether oxygens (including phenoxy) is 11. The molecular formula is C44H66N9O11P3. The fourth-order valence-electron chi connectivity index (χ4n) is 11.3. The first kappa shape index (κ1) is 45.9. The van der Waals surface area contributed by atoms with Gasteiger partial charge in [-0.15, -0.1) is 0 Å². The minimum atomic E-state index is -3.42. The molecule has 67 heavy (non-hydrogen) atoms. The first-order valence-electron chi connectivity index (χ1n) is 24.5. The predicted molar refractivity (Wildman–Crippen MR) is 252 cm³/mol. The Hall–Kier alpha value is -2.19. The Kier molecular flexibility index (Phi) is 12.9. The van der Waals surface area contributed by atoms with E-state index in [0.717, 1.165) is 11.4 Å². The van der Waals surface area contributed by atoms with Gasteiger partial charge in [0.25, 0.3) is 7.51 Å². The number of rotatable bonds is 4. The first-order valence-corrected chi connectivity index (χ1v) is 29.4. The highest BCUT2D eigenvalue weighted by molar-refractivity contribution is 7.85. The smallest absolute Gasteiger partial charge is 0.267 e. The van der Waals surface area contributed by atoms with Gasteiger partial charge in [0.15, 0.2) is 23.1 Å². The number of benzene rings is 2. The molecule has 10 heterocycles. The minimum absolute atomic E-state index is 0.365. The third-order valence-electron chi connectivity index (χ3n) is 14.8. The lowest BCUT2D eigenvalue weighted by atomic mass is 10.1. The molecule has 10 aliphatic heterocycles. The Bertz CT molecular complexity index is 2040. The van der Waals surface area contributed by atoms with Crippen LogP contribution in [-0.4, -0.2) is 173 Å². The monoisotopic (exact) mass is 989 g/mol. The van der Waals surface area contributed by atoms with E-state index in [4.69, 9.17) is 65.7 Å². The van der Waals surface area contributed by atoms with Gasteiger partial charge in [0.1, 0.15) is 24.7 Å². The van der Waals surface area contributed by atoms with Crippen molar-refractivity contribution in [2.24, 2.45) is 13.5 Å². The fourth-order valence-corrected chi connectivity index (χ4v) is 25.8. The van der Waals surface area contributed by atoms with E-state index in [0.29, 0.717) is 195 Å². The van der Waals surface area contributed by atoms with Crippen LogP contribution in [0, 0.1) is 0 Å². The average Bonchev–Trinajstić information content (AvgIpc) is 4.21. The van der Waals surface area contributed by atoms with Crippen molar-refractivity contribution in [2.45, 2.75) is 74.5 Å². The number of para-hydroxylation sites is 4. The molecule has 0 unspecified atom stereocenters. The summed E-state index contributed by atoms with van der Waals surface area (Å²) in [5, 5.41) is 8.21. The second kappa shape index (κ2) is 18.8. The fraction of sp³-hybridized carbons (Fsp3) is 0.727. The summed E-state index contributed by atoms with van der Waals surface area (Å²) in [6.45, 7) is 11.8. The molecule has 5 spiro atoms. The van der Waals surface area contributed by atoms with Gasteiger partial charge in [-0.25, -0.2) is 18.7 Å². The van der Waals surface area contributed by atoms with Crippen LogP contribution in [0.25, 0.3) is 0 Å². The topological polar surface area (TPSA) is 176 Å². The largest absolute Gasteiger partial charge is 0.489 e. The van der Waals surface area contributed by atoms with Crippen molar-refractivity contribution in [3.05, 3.63) is 48.5 Å². The molecule has 2 aromatic rings. The Labute approximate surface area is 393 Å². The van der Waals surface area contributed by atoms with Crippen LogP contribution in [0.1, 0.15) is 51.4 Å². The van der Waals surface area contributed by atoms with Gasteiger partial charge in [-0.1, -0.05) is 24.3 Å². The summed E-state index contributed by atoms with van der Waals surface area (Å²) >= 11 is 0. The Morgan fingerprint density at radius 1 is 0.373 bits per heavy atom. The highest BCUT2D eigenvalue weighted by atomic mass is 31.3. The molecule has 0 bridgehead atoms. The van der Waals surface area contributed by atoms with Crippen LogP contribution < -0.4 is 19.6 Å². The van der Waals surface area contributed by atoms with Gasteiger partial charge < -0.3 is 62.3 Å². The lowest BCUT2D eigenvalue weighted by Gasteiger charge is -2.54. The Balaban J connectivity index is 1.10. The summed E-state index contributed by atoms with van der Waals surface area (Å²) in [5.74, 6) is -1.05. The summed E-state index contributed by atoms with van der Waals surface area (Å²) in [4.78, 5) is 0. The van der Waals surface area contributed by atoms with Gasteiger partial charge in [0, 0.05) is 104 Å². The normalized spacial score (nSPS) is 30.2. The zero-order chi connectivity index (χ0) is 44.9. The minimum Gasteiger partial charge on any atom is -0.489 e. The van der Waals surface area contributed by atoms with E-state index < -0.39 is 45.7 Å². The van der Waals surface area contributed by atoms with Crippen molar-refractivity contribution in [3.63, 3.8) is 0 Å². The Morgan fingerprint density at radius 3 is 1.03 bits per heavy atom. The van der Waals surface area contributed by atoms with Gasteiger partial charge >= 0.3 is 0 Å². The average molecular weight is 990 g/mol. The van der Waals surface area contributed by atoms with E-state index in [1.165, 1.54) is 0 Å². The number of nitrogens with zero attached hydrogens (tertiary/aromatic N) is 7. The predicted octanol–water partition coefficient (Wildman–Crippen LogP) is 7.21. The molecule has 20 nitrogen and oxygen atoms in total. The standard InChI is InChI=1S/C44H66N9O11P3/c1-3-7-39-37(5-1)45-65(46-38-6-2-4-8-40(38)56-28-26-54-25-27-55-39)47-66(50-17-9-41(10-18-50)57-29-30-58-41,51-19-11-42(12-20-51)59-31-32-60-42)49-67(48-65,52-21-13-43(14-22-52)61-33-34-62-43)53-23-15-44(16-24-53)63-35-36-64-44/h1-8,45-46H,9-36H2. The quantitative estimate of drug-likeness (QED) is 0.294. The summed E-state index contributed by atoms with van der Waals surface area (Å²) in [6.07, 6.45) is 5.63. The van der Waals surface area contributed by atoms with Crippen LogP contribution in [0.15, 0.2) is 62.1 Å². The molecule has 2 N–H and O–H groups in total. The van der Waals surface area contributed by atoms with Crippen LogP contribution in [0.2, 0.25) is 0 Å². The van der Waals surface area contributed by atoms with Crippen LogP contribution in [-0.2, 0) is 42.6 Å². The second-order valence-corrected chi connectivity index (χ2v) is 26.9. The van der Waals surface area contributed by atoms with E-state index in [9.17, 15) is 0 Å². The summed E-state index contributed by atoms with van der Waals surface area (Å²) in [6, 6.07) is 16.3. The van der Waals surface area contributed by atoms with Crippen LogP contribution >= 0.6 is 22.5 Å². The van der Waals surface area contributed by atoms with Crippen molar-refractivity contribution in [1.29, 1.82) is 0 Å². The number of anilines is 2. The molecule has 0 amide bonds. The molecule has 8 fully saturated rings. The summed E-state index contributed by atoms with van der Waals surface area (Å²) in [7, 11) is -9.75. The first-order chi connectivity index (χ1) is 32.8. The van der Waals surface area contributed by atoms with E-state index >= 15 is 0 Å². The van der Waals surface area contributed by atoms with Gasteiger partial charge in [-0.3, -0.25) is 0 Å². The number of hydrogen-bond acceptors (Lipinski definition) is 20. The van der Waals surface area contributed by atoms with E-state index in [-0.39, 0.29) is 0 Å². The molecule has 23 heteroatoms. The Morgan fingerprint density at radius 2 is 0.687 bits per heavy atom. The molecule has 12 rings (SSSR count). The van der Waals surface area contributed by atoms with E-state index in [1.807, 2.05) is 36.4 Å². The molecule has 0 aliphatic carbocycles. The lowest BCUT2D eigenvalue weighted by Crippen LogP contribution is -2.50. The zero-order valence-electron chi connectivity index (χ0n) is 38.4. The van der Waals surface area contributed by atoms with Gasteiger partial charge in [0.2, 0.25) is 15.0 Å². The van der Waals surface area contributed by atoms with Crippen molar-refractivity contribution in [1.82, 2.24) is 18.7 Å². The number of fused-ring (bicyclic) bond motifs is 2. The zero-order valence-corrected chi connectivity index (χ0v) is 41.1. The SMILES string of the molecule is c1ccc2c(c1)NP1(=NP(N3CCC4(CC3)OCCO4)(N3CCC4(CC3)OCCO4)=NP(N3CCC4(CC3)OCCO4)(N3CCC4(CC3)OCCO4)=N1)Nc1ccccc1OCCOCCO2. The maximum Gasteiger partial charge on any atom is 0.267 e. The van der Waals surface area contributed by atoms with Crippen molar-refractivity contribution < 1.29 is 52.1 Å². The third kappa shape index (κ3) is 8.87. The molecule has 0 aromatic heterocycles. The maximum atomic E-state index is 6.55. The third-order valence-corrected chi connectivity index (χ3v) is 26.5. The highest BCUT2D eigenvalue weighted by Crippen LogP contribution is 2.82. The van der Waals surface area contributed by atoms with Crippen molar-refractivity contribution in [2.75, 3.05) is 142 Å². The molecule has 0 saturated carbocycles. The molecule has 10 aliphatic rings. The number of piperidine rings is 4. The summed E-state index contributed by atoms with van der Waals surface area (Å²) < 4.78 is 99.9. The van der Waals surface area contributed by atoms with Crippen LogP contribution in [0.4, 0.5) is 11.4 Å². The second-order valence-electron chi connectivity index (χ2n) is 18.7. The maximum absolute atomic E-state index is 6.55. The van der Waals surface area contributed by atoms with E-state index in [2.05, 4.69) is 41.0 Å². The van der Waals surface area contributed by atoms with Gasteiger partial charge in [-0.05, 0) is 24.3 Å². The molecule has 368 valence electrons. The molecule has 2 aromatic carbocycles. The van der Waals surface area contributed by atoms with Gasteiger partial charge in [-0.2, -0.15) is 13.5 Å². The highest BCUT2D eigenvalue weighted by Gasteiger charge is 2.56. The molecule has 0 atom stereocenters. The van der Waals surface area contributed by atoms with Crippen LogP contribution in [0.5, 0.6) is 11.5 Å². The van der Waals surface area contributed by atoms with Gasteiger partial charge in [0.05, 0.1) is 77.4 Å².